The first-order valence-electron chi connectivity index (χ1n) is 5.78. The molecule has 0 radical (unpaired) electrons. The van der Waals surface area contributed by atoms with Gasteiger partial charge in [-0.1, -0.05) is 6.07 Å². The summed E-state index contributed by atoms with van der Waals surface area (Å²) in [4.78, 5) is 6.83. The van der Waals surface area contributed by atoms with E-state index in [9.17, 15) is 0 Å². The minimum absolute atomic E-state index is 0.701. The highest BCUT2D eigenvalue weighted by Crippen LogP contribution is 2.13. The van der Waals surface area contributed by atoms with E-state index in [1.165, 1.54) is 19.4 Å². The third kappa shape index (κ3) is 3.27. The van der Waals surface area contributed by atoms with Crippen molar-refractivity contribution in [3.05, 3.63) is 28.5 Å². The van der Waals surface area contributed by atoms with Crippen LogP contribution < -0.4 is 5.32 Å². The number of rotatable bonds is 4. The van der Waals surface area contributed by atoms with Crippen molar-refractivity contribution in [2.75, 3.05) is 20.1 Å². The average Bonchev–Trinajstić information content (AvgIpc) is 2.65. The normalized spacial score (nSPS) is 21.5. The molecule has 1 saturated heterocycles. The summed E-state index contributed by atoms with van der Waals surface area (Å²) in [5, 5.41) is 3.48. The lowest BCUT2D eigenvalue weighted by Crippen LogP contribution is -2.35. The van der Waals surface area contributed by atoms with E-state index in [2.05, 4.69) is 44.2 Å². The van der Waals surface area contributed by atoms with Gasteiger partial charge in [0.2, 0.25) is 0 Å². The first-order valence-corrected chi connectivity index (χ1v) is 6.57. The van der Waals surface area contributed by atoms with E-state index in [0.717, 1.165) is 23.4 Å². The molecule has 1 aliphatic rings. The summed E-state index contributed by atoms with van der Waals surface area (Å²) in [5.41, 5.74) is 1.09. The highest BCUT2D eigenvalue weighted by atomic mass is 79.9. The molecular formula is C12H18BrN3. The highest BCUT2D eigenvalue weighted by Gasteiger charge is 2.19. The van der Waals surface area contributed by atoms with Gasteiger partial charge in [0.15, 0.2) is 0 Å². The summed E-state index contributed by atoms with van der Waals surface area (Å²) in [6.45, 7) is 3.15. The summed E-state index contributed by atoms with van der Waals surface area (Å²) in [7, 11) is 2.21. The first kappa shape index (κ1) is 12.0. The van der Waals surface area contributed by atoms with E-state index < -0.39 is 0 Å². The molecule has 1 aromatic rings. The van der Waals surface area contributed by atoms with Crippen LogP contribution in [-0.4, -0.2) is 36.1 Å². The Hall–Kier alpha value is -0.450. The second-order valence-corrected chi connectivity index (χ2v) is 5.17. The lowest BCUT2D eigenvalue weighted by atomic mass is 10.2. The maximum atomic E-state index is 4.40. The zero-order valence-electron chi connectivity index (χ0n) is 9.62. The maximum absolute atomic E-state index is 4.40. The smallest absolute Gasteiger partial charge is 0.106 e. The third-order valence-corrected chi connectivity index (χ3v) is 3.57. The van der Waals surface area contributed by atoms with E-state index in [4.69, 9.17) is 0 Å². The molecule has 0 spiro atoms. The molecule has 1 aliphatic heterocycles. The van der Waals surface area contributed by atoms with Crippen molar-refractivity contribution in [1.29, 1.82) is 0 Å². The summed E-state index contributed by atoms with van der Waals surface area (Å²) in [6, 6.07) is 6.73. The molecule has 1 aromatic heterocycles. The summed E-state index contributed by atoms with van der Waals surface area (Å²) >= 11 is 3.38. The summed E-state index contributed by atoms with van der Waals surface area (Å²) in [6.07, 6.45) is 2.65. The summed E-state index contributed by atoms with van der Waals surface area (Å²) in [5.74, 6) is 0. The quantitative estimate of drug-likeness (QED) is 0.857. The Morgan fingerprint density at radius 3 is 3.12 bits per heavy atom. The van der Waals surface area contributed by atoms with Crippen LogP contribution in [0.25, 0.3) is 0 Å². The number of likely N-dealkylation sites (N-methyl/N-ethyl adjacent to an activating group) is 1. The van der Waals surface area contributed by atoms with Crippen LogP contribution in [0, 0.1) is 0 Å². The molecule has 88 valence electrons. The lowest BCUT2D eigenvalue weighted by Gasteiger charge is -2.19. The zero-order chi connectivity index (χ0) is 11.4. The SMILES string of the molecule is CN1CCCC1CNCc1cccc(Br)n1. The minimum atomic E-state index is 0.701. The van der Waals surface area contributed by atoms with Crippen LogP contribution in [0.2, 0.25) is 0 Å². The number of likely N-dealkylation sites (tertiary alicyclic amines) is 1. The van der Waals surface area contributed by atoms with E-state index >= 15 is 0 Å². The van der Waals surface area contributed by atoms with Gasteiger partial charge in [0.05, 0.1) is 5.69 Å². The van der Waals surface area contributed by atoms with E-state index in [1.807, 2.05) is 12.1 Å². The van der Waals surface area contributed by atoms with Crippen molar-refractivity contribution >= 4 is 15.9 Å². The van der Waals surface area contributed by atoms with Gasteiger partial charge in [-0.25, -0.2) is 4.98 Å². The molecule has 0 aliphatic carbocycles. The maximum Gasteiger partial charge on any atom is 0.106 e. The molecule has 16 heavy (non-hydrogen) atoms. The van der Waals surface area contributed by atoms with Gasteiger partial charge in [0.25, 0.3) is 0 Å². The minimum Gasteiger partial charge on any atom is -0.310 e. The summed E-state index contributed by atoms with van der Waals surface area (Å²) < 4.78 is 0.907. The van der Waals surface area contributed by atoms with Gasteiger partial charge in [0, 0.05) is 19.1 Å². The molecule has 1 fully saturated rings. The molecule has 1 atom stereocenters. The van der Waals surface area contributed by atoms with Gasteiger partial charge < -0.3 is 10.2 Å². The van der Waals surface area contributed by atoms with Crippen molar-refractivity contribution in [2.24, 2.45) is 0 Å². The molecule has 2 heterocycles. The lowest BCUT2D eigenvalue weighted by molar-refractivity contribution is 0.300. The van der Waals surface area contributed by atoms with E-state index in [1.54, 1.807) is 0 Å². The van der Waals surface area contributed by atoms with Crippen molar-refractivity contribution in [3.63, 3.8) is 0 Å². The number of pyridine rings is 1. The van der Waals surface area contributed by atoms with Crippen LogP contribution in [0.3, 0.4) is 0 Å². The van der Waals surface area contributed by atoms with Crippen LogP contribution in [0.1, 0.15) is 18.5 Å². The second kappa shape index (κ2) is 5.75. The van der Waals surface area contributed by atoms with E-state index in [0.29, 0.717) is 6.04 Å². The second-order valence-electron chi connectivity index (χ2n) is 4.36. The van der Waals surface area contributed by atoms with Gasteiger partial charge >= 0.3 is 0 Å². The largest absolute Gasteiger partial charge is 0.310 e. The number of hydrogen-bond donors (Lipinski definition) is 1. The molecular weight excluding hydrogens is 266 g/mol. The van der Waals surface area contributed by atoms with Crippen LogP contribution in [0.15, 0.2) is 22.8 Å². The van der Waals surface area contributed by atoms with Crippen molar-refractivity contribution in [2.45, 2.75) is 25.4 Å². The van der Waals surface area contributed by atoms with E-state index in [-0.39, 0.29) is 0 Å². The molecule has 4 heteroatoms. The fourth-order valence-corrected chi connectivity index (χ4v) is 2.53. The van der Waals surface area contributed by atoms with Gasteiger partial charge in [-0.3, -0.25) is 0 Å². The number of aromatic nitrogens is 1. The predicted octanol–water partition coefficient (Wildman–Crippen LogP) is 2.03. The standard InChI is InChI=1S/C12H18BrN3/c1-16-7-3-5-11(16)9-14-8-10-4-2-6-12(13)15-10/h2,4,6,11,14H,3,5,7-9H2,1H3. The Bertz CT molecular complexity index is 343. The van der Waals surface area contributed by atoms with Gasteiger partial charge in [0.1, 0.15) is 4.60 Å². The highest BCUT2D eigenvalue weighted by molar-refractivity contribution is 9.10. The number of hydrogen-bond acceptors (Lipinski definition) is 3. The topological polar surface area (TPSA) is 28.2 Å². The van der Waals surface area contributed by atoms with Gasteiger partial charge in [-0.2, -0.15) is 0 Å². The predicted molar refractivity (Wildman–Crippen MR) is 69.3 cm³/mol. The molecule has 0 saturated carbocycles. The fraction of sp³-hybridized carbons (Fsp3) is 0.583. The molecule has 1 N–H and O–H groups in total. The van der Waals surface area contributed by atoms with Gasteiger partial charge in [-0.05, 0) is 54.5 Å². The van der Waals surface area contributed by atoms with Crippen LogP contribution >= 0.6 is 15.9 Å². The number of halogens is 1. The Labute approximate surface area is 105 Å². The van der Waals surface area contributed by atoms with Crippen LogP contribution in [-0.2, 0) is 6.54 Å². The molecule has 0 amide bonds. The molecule has 3 nitrogen and oxygen atoms in total. The first-order chi connectivity index (χ1) is 7.75. The van der Waals surface area contributed by atoms with Crippen LogP contribution in [0.5, 0.6) is 0 Å². The van der Waals surface area contributed by atoms with Crippen molar-refractivity contribution < 1.29 is 0 Å². The van der Waals surface area contributed by atoms with Crippen molar-refractivity contribution in [3.8, 4) is 0 Å². The Balaban J connectivity index is 1.75. The molecule has 1 unspecified atom stereocenters. The van der Waals surface area contributed by atoms with Crippen molar-refractivity contribution in [1.82, 2.24) is 15.2 Å². The zero-order valence-corrected chi connectivity index (χ0v) is 11.2. The Morgan fingerprint density at radius 2 is 2.44 bits per heavy atom. The molecule has 2 rings (SSSR count). The number of nitrogens with zero attached hydrogens (tertiary/aromatic N) is 2. The van der Waals surface area contributed by atoms with Gasteiger partial charge in [-0.15, -0.1) is 0 Å². The average molecular weight is 284 g/mol. The molecule has 0 bridgehead atoms. The van der Waals surface area contributed by atoms with Crippen LogP contribution in [0.4, 0.5) is 0 Å². The Morgan fingerprint density at radius 1 is 1.56 bits per heavy atom. The monoisotopic (exact) mass is 283 g/mol. The Kier molecular flexibility index (Phi) is 4.32. The third-order valence-electron chi connectivity index (χ3n) is 3.13. The fourth-order valence-electron chi connectivity index (χ4n) is 2.15. The number of nitrogens with one attached hydrogen (secondary N) is 1. The molecule has 0 aromatic carbocycles.